The van der Waals surface area contributed by atoms with E-state index >= 15 is 0 Å². The Bertz CT molecular complexity index is 520. The van der Waals surface area contributed by atoms with Gasteiger partial charge in [0.25, 0.3) is 5.92 Å². The average Bonchev–Trinajstić information content (AvgIpc) is 2.73. The summed E-state index contributed by atoms with van der Waals surface area (Å²) in [6, 6.07) is 3.81. The molecule has 0 unspecified atom stereocenters. The largest absolute Gasteiger partial charge is 0.300 e. The van der Waals surface area contributed by atoms with Gasteiger partial charge >= 0.3 is 0 Å². The first-order chi connectivity index (χ1) is 9.93. The topological polar surface area (TPSA) is 6.48 Å². The molecule has 0 saturated carbocycles. The van der Waals surface area contributed by atoms with Crippen LogP contribution < -0.4 is 0 Å². The van der Waals surface area contributed by atoms with Crippen molar-refractivity contribution in [2.75, 3.05) is 32.7 Å². The van der Waals surface area contributed by atoms with Crippen LogP contribution in [0.25, 0.3) is 0 Å². The molecule has 1 atom stereocenters. The Morgan fingerprint density at radius 3 is 2.71 bits per heavy atom. The molecule has 0 bridgehead atoms. The Kier molecular flexibility index (Phi) is 3.92. The number of hydrogen-bond acceptors (Lipinski definition) is 2. The Morgan fingerprint density at radius 1 is 1.14 bits per heavy atom. The minimum absolute atomic E-state index is 0.0747. The second-order valence-electron chi connectivity index (χ2n) is 5.98. The molecule has 2 heterocycles. The first-order valence-electron chi connectivity index (χ1n) is 7.21. The van der Waals surface area contributed by atoms with Gasteiger partial charge in [0.15, 0.2) is 11.6 Å². The van der Waals surface area contributed by atoms with Gasteiger partial charge in [0.1, 0.15) is 0 Å². The molecule has 0 amide bonds. The van der Waals surface area contributed by atoms with Crippen LogP contribution in [0.2, 0.25) is 0 Å². The van der Waals surface area contributed by atoms with E-state index in [0.29, 0.717) is 26.1 Å². The summed E-state index contributed by atoms with van der Waals surface area (Å²) < 4.78 is 52.7. The van der Waals surface area contributed by atoms with E-state index in [1.54, 1.807) is 6.07 Å². The normalized spacial score (nSPS) is 26.0. The van der Waals surface area contributed by atoms with Crippen LogP contribution in [0.1, 0.15) is 12.0 Å². The van der Waals surface area contributed by atoms with Crippen molar-refractivity contribution in [1.82, 2.24) is 9.80 Å². The van der Waals surface area contributed by atoms with Gasteiger partial charge in [-0.25, -0.2) is 17.6 Å². The van der Waals surface area contributed by atoms with Crippen molar-refractivity contribution < 1.29 is 17.6 Å². The fraction of sp³-hybridized carbons (Fsp3) is 0.600. The molecule has 2 saturated heterocycles. The van der Waals surface area contributed by atoms with Crippen molar-refractivity contribution in [3.63, 3.8) is 0 Å². The van der Waals surface area contributed by atoms with Gasteiger partial charge in [-0.05, 0) is 24.1 Å². The van der Waals surface area contributed by atoms with Crippen LogP contribution in [0.3, 0.4) is 0 Å². The first-order valence-corrected chi connectivity index (χ1v) is 7.21. The van der Waals surface area contributed by atoms with E-state index < -0.39 is 17.6 Å². The molecule has 2 aliphatic heterocycles. The fourth-order valence-corrected chi connectivity index (χ4v) is 3.25. The van der Waals surface area contributed by atoms with Crippen molar-refractivity contribution in [1.29, 1.82) is 0 Å². The zero-order valence-electron chi connectivity index (χ0n) is 11.7. The van der Waals surface area contributed by atoms with E-state index in [-0.39, 0.29) is 19.0 Å². The molecule has 1 aromatic carbocycles. The van der Waals surface area contributed by atoms with E-state index in [0.717, 1.165) is 18.2 Å². The second kappa shape index (κ2) is 5.57. The van der Waals surface area contributed by atoms with Crippen molar-refractivity contribution >= 4 is 0 Å². The summed E-state index contributed by atoms with van der Waals surface area (Å²) in [5.74, 6) is -4.26. The first kappa shape index (κ1) is 14.8. The molecule has 1 aromatic rings. The molecule has 2 aliphatic rings. The quantitative estimate of drug-likeness (QED) is 0.792. The monoisotopic (exact) mass is 302 g/mol. The maximum absolute atomic E-state index is 13.4. The van der Waals surface area contributed by atoms with E-state index in [4.69, 9.17) is 0 Å². The molecule has 6 heteroatoms. The van der Waals surface area contributed by atoms with E-state index in [1.165, 1.54) is 6.07 Å². The number of piperazine rings is 1. The third-order valence-electron chi connectivity index (χ3n) is 4.36. The number of alkyl halides is 2. The highest BCUT2D eigenvalue weighted by Crippen LogP contribution is 2.33. The third kappa shape index (κ3) is 3.37. The van der Waals surface area contributed by atoms with Crippen molar-refractivity contribution in [2.24, 2.45) is 0 Å². The molecule has 21 heavy (non-hydrogen) atoms. The van der Waals surface area contributed by atoms with Gasteiger partial charge in [-0.3, -0.25) is 4.90 Å². The third-order valence-corrected chi connectivity index (χ3v) is 4.36. The lowest BCUT2D eigenvalue weighted by atomic mass is 10.1. The lowest BCUT2D eigenvalue weighted by Crippen LogP contribution is -2.50. The Labute approximate surface area is 121 Å². The molecule has 2 nitrogen and oxygen atoms in total. The fourth-order valence-electron chi connectivity index (χ4n) is 3.25. The van der Waals surface area contributed by atoms with Crippen LogP contribution >= 0.6 is 0 Å². The maximum atomic E-state index is 13.4. The van der Waals surface area contributed by atoms with Crippen LogP contribution in [0.4, 0.5) is 17.6 Å². The van der Waals surface area contributed by atoms with Gasteiger partial charge in [-0.15, -0.1) is 0 Å². The number of nitrogens with zero attached hydrogens (tertiary/aromatic N) is 2. The zero-order valence-corrected chi connectivity index (χ0v) is 11.7. The van der Waals surface area contributed by atoms with E-state index in [2.05, 4.69) is 4.90 Å². The van der Waals surface area contributed by atoms with Crippen LogP contribution in [0, 0.1) is 11.6 Å². The number of fused-ring (bicyclic) bond motifs is 1. The summed E-state index contributed by atoms with van der Waals surface area (Å²) in [6.45, 7) is 2.57. The van der Waals surface area contributed by atoms with Gasteiger partial charge in [-0.2, -0.15) is 0 Å². The second-order valence-corrected chi connectivity index (χ2v) is 5.98. The summed E-state index contributed by atoms with van der Waals surface area (Å²) in [7, 11) is 0. The average molecular weight is 302 g/mol. The van der Waals surface area contributed by atoms with Crippen molar-refractivity contribution in [3.05, 3.63) is 35.4 Å². The molecule has 0 N–H and O–H groups in total. The van der Waals surface area contributed by atoms with Crippen LogP contribution in [0.5, 0.6) is 0 Å². The van der Waals surface area contributed by atoms with Gasteiger partial charge in [0.05, 0.1) is 6.54 Å². The van der Waals surface area contributed by atoms with Crippen molar-refractivity contribution in [3.8, 4) is 0 Å². The van der Waals surface area contributed by atoms with Crippen molar-refractivity contribution in [2.45, 2.75) is 24.8 Å². The Balaban J connectivity index is 1.54. The molecular weight excluding hydrogens is 284 g/mol. The van der Waals surface area contributed by atoms with Crippen LogP contribution in [0.15, 0.2) is 18.2 Å². The Morgan fingerprint density at radius 2 is 1.95 bits per heavy atom. The molecule has 3 rings (SSSR count). The molecule has 0 spiro atoms. The van der Waals surface area contributed by atoms with E-state index in [9.17, 15) is 17.6 Å². The highest BCUT2D eigenvalue weighted by atomic mass is 19.3. The summed E-state index contributed by atoms with van der Waals surface area (Å²) >= 11 is 0. The minimum atomic E-state index is -2.57. The lowest BCUT2D eigenvalue weighted by Gasteiger charge is -2.36. The smallest absolute Gasteiger partial charge is 0.262 e. The predicted octanol–water partition coefficient (Wildman–Crippen LogP) is 2.53. The van der Waals surface area contributed by atoms with Crippen LogP contribution in [-0.2, 0) is 6.42 Å². The summed E-state index contributed by atoms with van der Waals surface area (Å²) in [4.78, 5) is 3.98. The van der Waals surface area contributed by atoms with Gasteiger partial charge in [0, 0.05) is 38.6 Å². The summed E-state index contributed by atoms with van der Waals surface area (Å²) in [6.07, 6.45) is 0.523. The molecule has 0 aromatic heterocycles. The number of rotatable bonds is 3. The van der Waals surface area contributed by atoms with Gasteiger partial charge < -0.3 is 4.90 Å². The molecule has 0 aliphatic carbocycles. The highest BCUT2D eigenvalue weighted by Gasteiger charge is 2.46. The van der Waals surface area contributed by atoms with Crippen LogP contribution in [-0.4, -0.2) is 54.5 Å². The van der Waals surface area contributed by atoms with Gasteiger partial charge in [0.2, 0.25) is 0 Å². The molecule has 0 radical (unpaired) electrons. The standard InChI is InChI=1S/C15H18F4N2/c16-13-2-1-11(7-14(13)17)3-4-20-5-6-21-10-15(18,19)8-12(21)9-20/h1-2,7,12H,3-6,8-10H2/t12-/m0/s1. The lowest BCUT2D eigenvalue weighted by molar-refractivity contribution is 0.0120. The predicted molar refractivity (Wildman–Crippen MR) is 71.4 cm³/mol. The molecule has 116 valence electrons. The molecular formula is C15H18F4N2. The summed E-state index contributed by atoms with van der Waals surface area (Å²) in [5.41, 5.74) is 0.730. The zero-order chi connectivity index (χ0) is 15.0. The van der Waals surface area contributed by atoms with E-state index in [1.807, 2.05) is 4.90 Å². The maximum Gasteiger partial charge on any atom is 0.262 e. The minimum Gasteiger partial charge on any atom is -0.300 e. The number of halogens is 4. The molecule has 2 fully saturated rings. The highest BCUT2D eigenvalue weighted by molar-refractivity contribution is 5.18. The number of benzene rings is 1. The SMILES string of the molecule is Fc1ccc(CCN2CCN3CC(F)(F)C[C@H]3C2)cc1F. The Hall–Kier alpha value is -1.14. The van der Waals surface area contributed by atoms with Gasteiger partial charge in [-0.1, -0.05) is 6.07 Å². The summed E-state index contributed by atoms with van der Waals surface area (Å²) in [5, 5.41) is 0. The number of hydrogen-bond donors (Lipinski definition) is 0.